The Labute approximate surface area is 190 Å². The molecule has 1 aliphatic heterocycles. The van der Waals surface area contributed by atoms with Crippen molar-refractivity contribution < 1.29 is 23.9 Å². The summed E-state index contributed by atoms with van der Waals surface area (Å²) in [6, 6.07) is 14.7. The first kappa shape index (κ1) is 24.0. The second-order valence-electron chi connectivity index (χ2n) is 7.51. The Kier molecular flexibility index (Phi) is 8.36. The minimum absolute atomic E-state index is 0.237. The number of phenolic OH excluding ortho intramolecular Hbond substituents is 1. The number of primary amides is 1. The number of carbonyl (C=O) groups excluding carboxylic acids is 1. The summed E-state index contributed by atoms with van der Waals surface area (Å²) in [5.41, 5.74) is 5.52. The van der Waals surface area contributed by atoms with Crippen molar-refractivity contribution in [2.45, 2.75) is 34.7 Å². The smallest absolute Gasteiger partial charge is 0.373 e. The molecule has 31 heavy (non-hydrogen) atoms. The zero-order valence-corrected chi connectivity index (χ0v) is 19.7. The van der Waals surface area contributed by atoms with Crippen molar-refractivity contribution in [3.8, 4) is 11.5 Å². The molecule has 3 rings (SSSR count). The van der Waals surface area contributed by atoms with Crippen LogP contribution in [0.5, 0.6) is 11.5 Å². The second kappa shape index (κ2) is 10.8. The van der Waals surface area contributed by atoms with E-state index in [0.29, 0.717) is 5.75 Å². The van der Waals surface area contributed by atoms with Gasteiger partial charge in [0, 0.05) is 40.0 Å². The summed E-state index contributed by atoms with van der Waals surface area (Å²) >= 11 is 3.39. The van der Waals surface area contributed by atoms with Gasteiger partial charge in [0.2, 0.25) is 5.91 Å². The highest BCUT2D eigenvalue weighted by Crippen LogP contribution is 2.39. The van der Waals surface area contributed by atoms with E-state index in [4.69, 9.17) is 10.3 Å². The molecule has 7 nitrogen and oxygen atoms in total. The first-order valence-corrected chi connectivity index (χ1v) is 13.9. The van der Waals surface area contributed by atoms with E-state index in [0.717, 1.165) is 40.8 Å². The Bertz CT molecular complexity index is 920. The van der Waals surface area contributed by atoms with Gasteiger partial charge in [0.25, 0.3) is 0 Å². The summed E-state index contributed by atoms with van der Waals surface area (Å²) in [7, 11) is -3.57. The Morgan fingerprint density at radius 3 is 2.00 bits per heavy atom. The Morgan fingerprint density at radius 2 is 1.55 bits per heavy atom. The summed E-state index contributed by atoms with van der Waals surface area (Å²) in [4.78, 5) is 25.3. The van der Waals surface area contributed by atoms with Crippen LogP contribution in [-0.2, 0) is 9.36 Å². The van der Waals surface area contributed by atoms with Crippen LogP contribution in [0.25, 0.3) is 0 Å². The third kappa shape index (κ3) is 7.77. The van der Waals surface area contributed by atoms with E-state index < -0.39 is 7.60 Å². The molecule has 2 aromatic rings. The maximum atomic E-state index is 11.7. The maximum absolute atomic E-state index is 11.7. The van der Waals surface area contributed by atoms with E-state index in [2.05, 4.69) is 4.90 Å². The fourth-order valence-electron chi connectivity index (χ4n) is 3.53. The van der Waals surface area contributed by atoms with Crippen molar-refractivity contribution in [3.63, 3.8) is 0 Å². The lowest BCUT2D eigenvalue weighted by molar-refractivity contribution is -0.119. The number of rotatable bonds is 10. The maximum Gasteiger partial charge on any atom is 0.373 e. The Hall–Kier alpha value is -1.64. The van der Waals surface area contributed by atoms with Gasteiger partial charge in [-0.2, -0.15) is 0 Å². The van der Waals surface area contributed by atoms with E-state index in [-0.39, 0.29) is 30.3 Å². The molecule has 168 valence electrons. The van der Waals surface area contributed by atoms with Gasteiger partial charge in [0.05, 0.1) is 6.54 Å². The van der Waals surface area contributed by atoms with Crippen LogP contribution in [-0.4, -0.2) is 57.6 Å². The number of hydrogen-bond acceptors (Lipinski definition) is 7. The normalized spacial score (nSPS) is 21.0. The molecule has 0 aromatic heterocycles. The molecule has 10 heteroatoms. The summed E-state index contributed by atoms with van der Waals surface area (Å²) in [5, 5.41) is 9.43. The van der Waals surface area contributed by atoms with Crippen LogP contribution in [0, 0.1) is 0 Å². The molecule has 0 saturated carbocycles. The van der Waals surface area contributed by atoms with E-state index in [1.165, 1.54) is 0 Å². The number of hydrogen-bond donors (Lipinski definition) is 3. The third-order valence-corrected chi connectivity index (χ3v) is 7.79. The highest BCUT2D eigenvalue weighted by molar-refractivity contribution is 7.99. The number of nitrogens with two attached hydrogens (primary N) is 1. The number of thioether (sulfide) groups is 2. The van der Waals surface area contributed by atoms with Crippen LogP contribution in [0.15, 0.2) is 58.3 Å². The van der Waals surface area contributed by atoms with Crippen molar-refractivity contribution in [2.75, 3.05) is 24.7 Å². The summed E-state index contributed by atoms with van der Waals surface area (Å²) in [6.45, 7) is 1.39. The molecule has 4 N–H and O–H groups in total. The zero-order chi connectivity index (χ0) is 22.4. The monoisotopic (exact) mass is 482 g/mol. The molecule has 1 fully saturated rings. The average Bonchev–Trinajstić information content (AvgIpc) is 3.07. The lowest BCUT2D eigenvalue weighted by Crippen LogP contribution is -2.44. The van der Waals surface area contributed by atoms with Gasteiger partial charge in [-0.1, -0.05) is 0 Å². The first-order chi connectivity index (χ1) is 14.7. The van der Waals surface area contributed by atoms with Gasteiger partial charge in [0.1, 0.15) is 11.5 Å². The average molecular weight is 483 g/mol. The van der Waals surface area contributed by atoms with E-state index >= 15 is 0 Å². The third-order valence-electron chi connectivity index (χ3n) is 4.93. The quantitative estimate of drug-likeness (QED) is 0.346. The van der Waals surface area contributed by atoms with Crippen molar-refractivity contribution in [3.05, 3.63) is 48.5 Å². The lowest BCUT2D eigenvalue weighted by Gasteiger charge is -2.28. The second-order valence-corrected chi connectivity index (χ2v) is 11.5. The molecule has 2 aromatic carbocycles. The van der Waals surface area contributed by atoms with Crippen LogP contribution in [0.2, 0.25) is 0 Å². The highest BCUT2D eigenvalue weighted by atomic mass is 32.2. The van der Waals surface area contributed by atoms with Crippen LogP contribution < -0.4 is 10.3 Å². The predicted molar refractivity (Wildman–Crippen MR) is 125 cm³/mol. The topological polar surface area (TPSA) is 113 Å². The number of aromatic hydroxyl groups is 1. The van der Waals surface area contributed by atoms with Gasteiger partial charge in [0.15, 0.2) is 0 Å². The van der Waals surface area contributed by atoms with Crippen molar-refractivity contribution in [1.29, 1.82) is 0 Å². The molecule has 0 aliphatic carbocycles. The van der Waals surface area contributed by atoms with E-state index in [1.807, 2.05) is 24.3 Å². The van der Waals surface area contributed by atoms with Gasteiger partial charge < -0.3 is 20.3 Å². The van der Waals surface area contributed by atoms with E-state index in [9.17, 15) is 19.4 Å². The van der Waals surface area contributed by atoms with Gasteiger partial charge in [-0.3, -0.25) is 9.69 Å². The van der Waals surface area contributed by atoms with Crippen LogP contribution in [0.3, 0.4) is 0 Å². The number of amides is 1. The predicted octanol–water partition coefficient (Wildman–Crippen LogP) is 3.79. The van der Waals surface area contributed by atoms with Gasteiger partial charge >= 0.3 is 7.60 Å². The first-order valence-electron chi connectivity index (χ1n) is 9.88. The molecule has 1 saturated heterocycles. The Morgan fingerprint density at radius 1 is 1.06 bits per heavy atom. The fourth-order valence-corrected chi connectivity index (χ4v) is 6.19. The molecule has 1 aliphatic rings. The number of benzene rings is 2. The molecule has 3 atom stereocenters. The lowest BCUT2D eigenvalue weighted by atomic mass is 10.2. The van der Waals surface area contributed by atoms with E-state index in [1.54, 1.807) is 47.8 Å². The minimum atomic E-state index is -3.57. The van der Waals surface area contributed by atoms with Crippen LogP contribution in [0.1, 0.15) is 12.8 Å². The molecule has 1 heterocycles. The summed E-state index contributed by atoms with van der Waals surface area (Å²) < 4.78 is 16.4. The molecular formula is C21H27N2O5PS2. The minimum Gasteiger partial charge on any atom is -0.508 e. The van der Waals surface area contributed by atoms with Gasteiger partial charge in [-0.15, -0.1) is 23.5 Å². The largest absolute Gasteiger partial charge is 0.508 e. The van der Waals surface area contributed by atoms with Crippen molar-refractivity contribution in [2.24, 2.45) is 5.73 Å². The van der Waals surface area contributed by atoms with Crippen molar-refractivity contribution >= 4 is 37.0 Å². The summed E-state index contributed by atoms with van der Waals surface area (Å²) in [5.74, 6) is 1.95. The molecule has 0 spiro atoms. The molecule has 1 unspecified atom stereocenters. The van der Waals surface area contributed by atoms with Gasteiger partial charge in [-0.05, 0) is 61.4 Å². The molecular weight excluding hydrogens is 455 g/mol. The highest BCUT2D eigenvalue weighted by Gasteiger charge is 2.34. The fraction of sp³-hybridized carbons (Fsp3) is 0.381. The molecule has 1 amide bonds. The number of carbonyl (C=O) groups is 1. The Balaban J connectivity index is 1.56. The van der Waals surface area contributed by atoms with Crippen LogP contribution in [0.4, 0.5) is 0 Å². The molecule has 0 radical (unpaired) electrons. The SMILES string of the molecule is CP(=O)(O)Oc1ccc(SC[C@@H]2CC[C@H](CSc3ccc(O)cc3)N2CC(N)=O)cc1. The van der Waals surface area contributed by atoms with Crippen LogP contribution >= 0.6 is 31.1 Å². The molecule has 0 bridgehead atoms. The van der Waals surface area contributed by atoms with Gasteiger partial charge in [-0.25, -0.2) is 4.57 Å². The number of likely N-dealkylation sites (tertiary alicyclic amines) is 1. The summed E-state index contributed by atoms with van der Waals surface area (Å²) in [6.07, 6.45) is 1.99. The standard InChI is InChI=1S/C21H27N2O5PS2/c1-29(26,27)28-18-6-10-20(11-7-18)31-14-16-3-2-15(23(16)12-21(22)25)13-30-19-8-4-17(24)5-9-19/h4-11,15-16,24H,2-3,12-14H2,1H3,(H2,22,25)(H,26,27)/t15-,16+/m1/s1. The number of phenols is 1. The zero-order valence-electron chi connectivity index (χ0n) is 17.2. The number of nitrogens with zero attached hydrogens (tertiary/aromatic N) is 1. The van der Waals surface area contributed by atoms with Crippen molar-refractivity contribution in [1.82, 2.24) is 4.90 Å².